The van der Waals surface area contributed by atoms with E-state index in [9.17, 15) is 9.59 Å². The summed E-state index contributed by atoms with van der Waals surface area (Å²) in [5, 5.41) is 9.15. The number of fused-ring (bicyclic) bond motifs is 1. The number of likely N-dealkylation sites (tertiary alicyclic amines) is 1. The lowest BCUT2D eigenvalue weighted by Gasteiger charge is -2.26. The molecule has 2 aliphatic heterocycles. The number of carbonyl (C=O) groups is 2. The minimum absolute atomic E-state index is 0.00714. The van der Waals surface area contributed by atoms with E-state index in [1.807, 2.05) is 11.8 Å². The van der Waals surface area contributed by atoms with Crippen molar-refractivity contribution in [1.29, 1.82) is 0 Å². The molecule has 1 amide bonds. The lowest BCUT2D eigenvalue weighted by molar-refractivity contribution is -0.153. The molecule has 3 heterocycles. The van der Waals surface area contributed by atoms with Crippen molar-refractivity contribution < 1.29 is 19.4 Å². The Bertz CT molecular complexity index is 551. The van der Waals surface area contributed by atoms with Crippen LogP contribution in [0.2, 0.25) is 0 Å². The number of aliphatic carboxylic acids is 1. The van der Waals surface area contributed by atoms with Crippen LogP contribution in [0.4, 0.5) is 0 Å². The SMILES string of the molecule is C[C@H]1CCCN1C(=O)c1ccc2n1CCOC2C(=O)O. The molecule has 1 aromatic rings. The van der Waals surface area contributed by atoms with Crippen molar-refractivity contribution in [3.63, 3.8) is 0 Å². The van der Waals surface area contributed by atoms with Gasteiger partial charge in [-0.1, -0.05) is 0 Å². The van der Waals surface area contributed by atoms with Gasteiger partial charge in [0.05, 0.1) is 12.3 Å². The summed E-state index contributed by atoms with van der Waals surface area (Å²) in [5.41, 5.74) is 1.13. The van der Waals surface area contributed by atoms with Crippen molar-refractivity contribution in [2.75, 3.05) is 13.2 Å². The molecule has 0 radical (unpaired) electrons. The lowest BCUT2D eigenvalue weighted by atomic mass is 10.2. The summed E-state index contributed by atoms with van der Waals surface area (Å²) >= 11 is 0. The van der Waals surface area contributed by atoms with Crippen molar-refractivity contribution in [1.82, 2.24) is 9.47 Å². The van der Waals surface area contributed by atoms with Crippen LogP contribution < -0.4 is 0 Å². The average molecular weight is 278 g/mol. The van der Waals surface area contributed by atoms with E-state index in [4.69, 9.17) is 9.84 Å². The summed E-state index contributed by atoms with van der Waals surface area (Å²) in [5.74, 6) is -1.02. The van der Waals surface area contributed by atoms with Gasteiger partial charge in [-0.05, 0) is 31.9 Å². The van der Waals surface area contributed by atoms with Gasteiger partial charge in [-0.15, -0.1) is 0 Å². The Morgan fingerprint density at radius 3 is 2.80 bits per heavy atom. The number of carboxylic acids is 1. The molecular formula is C14H18N2O4. The van der Waals surface area contributed by atoms with Gasteiger partial charge in [0, 0.05) is 19.1 Å². The highest BCUT2D eigenvalue weighted by Crippen LogP contribution is 2.27. The Morgan fingerprint density at radius 2 is 2.15 bits per heavy atom. The predicted octanol–water partition coefficient (Wildman–Crippen LogP) is 1.27. The molecule has 6 nitrogen and oxygen atoms in total. The Labute approximate surface area is 116 Å². The fourth-order valence-electron chi connectivity index (χ4n) is 3.08. The zero-order chi connectivity index (χ0) is 14.3. The van der Waals surface area contributed by atoms with E-state index in [2.05, 4.69) is 0 Å². The van der Waals surface area contributed by atoms with Crippen molar-refractivity contribution >= 4 is 11.9 Å². The number of aromatic nitrogens is 1. The molecule has 0 aliphatic carbocycles. The standard InChI is InChI=1S/C14H18N2O4/c1-9-3-2-6-15(9)13(17)11-5-4-10-12(14(18)19)20-8-7-16(10)11/h4-5,9,12H,2-3,6-8H2,1H3,(H,18,19)/t9-,12?/m0/s1. The molecule has 2 aliphatic rings. The van der Waals surface area contributed by atoms with E-state index in [0.717, 1.165) is 19.4 Å². The first kappa shape index (κ1) is 13.2. The van der Waals surface area contributed by atoms with Gasteiger partial charge in [-0.3, -0.25) is 4.79 Å². The number of amides is 1. The molecule has 20 heavy (non-hydrogen) atoms. The van der Waals surface area contributed by atoms with Gasteiger partial charge in [0.1, 0.15) is 5.69 Å². The molecule has 1 saturated heterocycles. The first-order valence-electron chi connectivity index (χ1n) is 6.94. The molecule has 1 unspecified atom stereocenters. The summed E-state index contributed by atoms with van der Waals surface area (Å²) in [6, 6.07) is 3.66. The quantitative estimate of drug-likeness (QED) is 0.884. The molecule has 3 rings (SSSR count). The summed E-state index contributed by atoms with van der Waals surface area (Å²) in [7, 11) is 0. The summed E-state index contributed by atoms with van der Waals surface area (Å²) in [4.78, 5) is 25.6. The molecule has 6 heteroatoms. The zero-order valence-electron chi connectivity index (χ0n) is 11.4. The average Bonchev–Trinajstić information content (AvgIpc) is 3.03. The summed E-state index contributed by atoms with van der Waals surface area (Å²) in [6.07, 6.45) is 1.09. The number of ether oxygens (including phenoxy) is 1. The van der Waals surface area contributed by atoms with Crippen molar-refractivity contribution in [2.45, 2.75) is 38.5 Å². The van der Waals surface area contributed by atoms with Crippen LogP contribution in [0.15, 0.2) is 12.1 Å². The Hall–Kier alpha value is -1.82. The third-order valence-corrected chi connectivity index (χ3v) is 4.14. The van der Waals surface area contributed by atoms with Crippen LogP contribution in [-0.4, -0.2) is 45.6 Å². The van der Waals surface area contributed by atoms with Gasteiger partial charge in [0.25, 0.3) is 5.91 Å². The minimum atomic E-state index is -1.02. The number of carbonyl (C=O) groups excluding carboxylic acids is 1. The predicted molar refractivity (Wildman–Crippen MR) is 70.5 cm³/mol. The van der Waals surface area contributed by atoms with Gasteiger partial charge >= 0.3 is 5.97 Å². The number of nitrogens with zero attached hydrogens (tertiary/aromatic N) is 2. The van der Waals surface area contributed by atoms with Crippen molar-refractivity contribution in [3.05, 3.63) is 23.5 Å². The maximum Gasteiger partial charge on any atom is 0.339 e. The van der Waals surface area contributed by atoms with E-state index in [-0.39, 0.29) is 11.9 Å². The first-order valence-corrected chi connectivity index (χ1v) is 6.94. The van der Waals surface area contributed by atoms with Crippen LogP contribution in [-0.2, 0) is 16.1 Å². The van der Waals surface area contributed by atoms with E-state index < -0.39 is 12.1 Å². The Balaban J connectivity index is 1.92. The molecule has 0 bridgehead atoms. The molecule has 0 spiro atoms. The van der Waals surface area contributed by atoms with Gasteiger partial charge in [-0.2, -0.15) is 0 Å². The van der Waals surface area contributed by atoms with E-state index in [1.165, 1.54) is 0 Å². The van der Waals surface area contributed by atoms with Crippen LogP contribution in [0.25, 0.3) is 0 Å². The summed E-state index contributed by atoms with van der Waals surface area (Å²) < 4.78 is 7.05. The maximum absolute atomic E-state index is 12.6. The first-order chi connectivity index (χ1) is 9.59. The second-order valence-corrected chi connectivity index (χ2v) is 5.37. The van der Waals surface area contributed by atoms with E-state index in [0.29, 0.717) is 24.5 Å². The number of carboxylic acid groups (broad SMARTS) is 1. The molecule has 0 aromatic carbocycles. The molecule has 1 aromatic heterocycles. The Morgan fingerprint density at radius 1 is 1.35 bits per heavy atom. The maximum atomic E-state index is 12.6. The van der Waals surface area contributed by atoms with Crippen molar-refractivity contribution in [3.8, 4) is 0 Å². The Kier molecular flexibility index (Phi) is 3.25. The smallest absolute Gasteiger partial charge is 0.339 e. The molecule has 1 fully saturated rings. The second kappa shape index (κ2) is 4.94. The highest BCUT2D eigenvalue weighted by Gasteiger charge is 2.33. The van der Waals surface area contributed by atoms with Gasteiger partial charge in [0.2, 0.25) is 0 Å². The number of hydrogen-bond acceptors (Lipinski definition) is 3. The molecule has 108 valence electrons. The topological polar surface area (TPSA) is 71.8 Å². The van der Waals surface area contributed by atoms with Crippen LogP contribution >= 0.6 is 0 Å². The van der Waals surface area contributed by atoms with Crippen LogP contribution in [0, 0.1) is 0 Å². The van der Waals surface area contributed by atoms with Crippen LogP contribution in [0.3, 0.4) is 0 Å². The third-order valence-electron chi connectivity index (χ3n) is 4.14. The number of rotatable bonds is 2. The van der Waals surface area contributed by atoms with E-state index >= 15 is 0 Å². The number of hydrogen-bond donors (Lipinski definition) is 1. The second-order valence-electron chi connectivity index (χ2n) is 5.37. The molecule has 1 N–H and O–H groups in total. The molecular weight excluding hydrogens is 260 g/mol. The summed E-state index contributed by atoms with van der Waals surface area (Å²) in [6.45, 7) is 3.66. The zero-order valence-corrected chi connectivity index (χ0v) is 11.4. The normalized spacial score (nSPS) is 25.6. The highest BCUT2D eigenvalue weighted by molar-refractivity contribution is 5.93. The molecule has 2 atom stereocenters. The fourth-order valence-corrected chi connectivity index (χ4v) is 3.08. The van der Waals surface area contributed by atoms with Gasteiger partial charge < -0.3 is 19.3 Å². The minimum Gasteiger partial charge on any atom is -0.479 e. The van der Waals surface area contributed by atoms with Crippen LogP contribution in [0.5, 0.6) is 0 Å². The third kappa shape index (κ3) is 2.00. The van der Waals surface area contributed by atoms with Crippen LogP contribution in [0.1, 0.15) is 42.1 Å². The van der Waals surface area contributed by atoms with E-state index in [1.54, 1.807) is 16.7 Å². The monoisotopic (exact) mass is 278 g/mol. The van der Waals surface area contributed by atoms with Gasteiger partial charge in [0.15, 0.2) is 6.10 Å². The lowest BCUT2D eigenvalue weighted by Crippen LogP contribution is -2.36. The van der Waals surface area contributed by atoms with Crippen molar-refractivity contribution in [2.24, 2.45) is 0 Å². The molecule has 0 saturated carbocycles. The van der Waals surface area contributed by atoms with Gasteiger partial charge in [-0.25, -0.2) is 4.79 Å². The largest absolute Gasteiger partial charge is 0.479 e. The fraction of sp³-hybridized carbons (Fsp3) is 0.571. The highest BCUT2D eigenvalue weighted by atomic mass is 16.5.